The maximum Gasteiger partial charge on any atom is 0.0213 e. The van der Waals surface area contributed by atoms with E-state index < -0.39 is 0 Å². The minimum Gasteiger partial charge on any atom is -0.307 e. The van der Waals surface area contributed by atoms with E-state index in [1.54, 1.807) is 0 Å². The van der Waals surface area contributed by atoms with Gasteiger partial charge in [0.25, 0.3) is 0 Å². The van der Waals surface area contributed by atoms with Crippen molar-refractivity contribution in [1.29, 1.82) is 0 Å². The molecule has 0 aliphatic carbocycles. The van der Waals surface area contributed by atoms with Gasteiger partial charge in [-0.2, -0.15) is 0 Å². The van der Waals surface area contributed by atoms with Gasteiger partial charge < -0.3 is 5.32 Å². The molecule has 15 heavy (non-hydrogen) atoms. The average Bonchev–Trinajstić information content (AvgIpc) is 2.28. The topological polar surface area (TPSA) is 12.0 Å². The molecular weight excluding hydrogens is 182 g/mol. The monoisotopic (exact) mass is 205 g/mol. The molecule has 1 aromatic rings. The smallest absolute Gasteiger partial charge is 0.0213 e. The molecular formula is C14H23N. The number of nitrogens with one attached hydrogen (secondary N) is 1. The van der Waals surface area contributed by atoms with Gasteiger partial charge in [0.2, 0.25) is 0 Å². The summed E-state index contributed by atoms with van der Waals surface area (Å²) in [5, 5.41) is 3.65. The molecule has 0 saturated carbocycles. The van der Waals surface area contributed by atoms with E-state index in [1.165, 1.54) is 24.0 Å². The molecule has 0 saturated heterocycles. The van der Waals surface area contributed by atoms with Crippen LogP contribution in [0.5, 0.6) is 0 Å². The Balaban J connectivity index is 2.61. The van der Waals surface area contributed by atoms with Crippen LogP contribution in [-0.4, -0.2) is 5.54 Å². The Hall–Kier alpha value is -0.820. The lowest BCUT2D eigenvalue weighted by Gasteiger charge is -2.28. The van der Waals surface area contributed by atoms with Crippen molar-refractivity contribution >= 4 is 0 Å². The van der Waals surface area contributed by atoms with Crippen molar-refractivity contribution in [3.63, 3.8) is 0 Å². The van der Waals surface area contributed by atoms with Crippen LogP contribution < -0.4 is 5.32 Å². The summed E-state index contributed by atoms with van der Waals surface area (Å²) in [4.78, 5) is 0. The Kier molecular flexibility index (Phi) is 4.34. The van der Waals surface area contributed by atoms with Gasteiger partial charge in [-0.05, 0) is 37.8 Å². The summed E-state index contributed by atoms with van der Waals surface area (Å²) >= 11 is 0. The Morgan fingerprint density at radius 3 is 2.27 bits per heavy atom. The van der Waals surface area contributed by atoms with Crippen LogP contribution in [0.15, 0.2) is 24.3 Å². The minimum absolute atomic E-state index is 0.280. The molecule has 1 heteroatoms. The van der Waals surface area contributed by atoms with E-state index in [4.69, 9.17) is 0 Å². The average molecular weight is 205 g/mol. The maximum atomic E-state index is 3.65. The molecule has 0 bridgehead atoms. The van der Waals surface area contributed by atoms with E-state index in [0.717, 1.165) is 6.54 Å². The van der Waals surface area contributed by atoms with Crippen molar-refractivity contribution < 1.29 is 0 Å². The van der Waals surface area contributed by atoms with Crippen LogP contribution in [0.25, 0.3) is 0 Å². The molecule has 0 amide bonds. The van der Waals surface area contributed by atoms with E-state index in [0.29, 0.717) is 0 Å². The van der Waals surface area contributed by atoms with Gasteiger partial charge in [0, 0.05) is 12.1 Å². The molecule has 1 aromatic carbocycles. The molecule has 0 spiro atoms. The molecule has 1 N–H and O–H groups in total. The number of hydrogen-bond donors (Lipinski definition) is 1. The molecule has 0 heterocycles. The van der Waals surface area contributed by atoms with Crippen LogP contribution >= 0.6 is 0 Å². The fourth-order valence-corrected chi connectivity index (χ4v) is 1.62. The van der Waals surface area contributed by atoms with E-state index in [-0.39, 0.29) is 5.54 Å². The van der Waals surface area contributed by atoms with Gasteiger partial charge in [-0.15, -0.1) is 0 Å². The van der Waals surface area contributed by atoms with Crippen molar-refractivity contribution in [3.05, 3.63) is 35.4 Å². The molecule has 0 aliphatic heterocycles. The second kappa shape index (κ2) is 5.32. The lowest BCUT2D eigenvalue weighted by atomic mass is 9.95. The third-order valence-electron chi connectivity index (χ3n) is 3.53. The zero-order valence-electron chi connectivity index (χ0n) is 10.4. The second-order valence-corrected chi connectivity index (χ2v) is 4.55. The highest BCUT2D eigenvalue weighted by molar-refractivity contribution is 5.25. The van der Waals surface area contributed by atoms with Crippen LogP contribution in [0.4, 0.5) is 0 Å². The number of rotatable bonds is 5. The normalized spacial score (nSPS) is 11.7. The lowest BCUT2D eigenvalue weighted by Crippen LogP contribution is -2.40. The zero-order valence-corrected chi connectivity index (χ0v) is 10.4. The van der Waals surface area contributed by atoms with Crippen molar-refractivity contribution in [3.8, 4) is 0 Å². The van der Waals surface area contributed by atoms with Gasteiger partial charge in [0.05, 0.1) is 0 Å². The molecule has 0 radical (unpaired) electrons. The molecule has 84 valence electrons. The van der Waals surface area contributed by atoms with Gasteiger partial charge in [-0.3, -0.25) is 0 Å². The molecule has 0 aromatic heterocycles. The summed E-state index contributed by atoms with van der Waals surface area (Å²) in [5.41, 5.74) is 3.06. The first-order valence-electron chi connectivity index (χ1n) is 5.91. The fourth-order valence-electron chi connectivity index (χ4n) is 1.62. The van der Waals surface area contributed by atoms with Gasteiger partial charge >= 0.3 is 0 Å². The van der Waals surface area contributed by atoms with Crippen LogP contribution in [0.3, 0.4) is 0 Å². The van der Waals surface area contributed by atoms with Gasteiger partial charge in [-0.1, -0.05) is 38.1 Å². The van der Waals surface area contributed by atoms with Crippen molar-refractivity contribution in [2.45, 2.75) is 52.6 Å². The third-order valence-corrected chi connectivity index (χ3v) is 3.53. The largest absolute Gasteiger partial charge is 0.307 e. The van der Waals surface area contributed by atoms with Crippen molar-refractivity contribution in [1.82, 2.24) is 5.32 Å². The molecule has 0 atom stereocenters. The van der Waals surface area contributed by atoms with Crippen LogP contribution in [0, 0.1) is 6.92 Å². The summed E-state index contributed by atoms with van der Waals surface area (Å²) in [5.74, 6) is 0. The van der Waals surface area contributed by atoms with E-state index in [9.17, 15) is 0 Å². The highest BCUT2D eigenvalue weighted by Gasteiger charge is 2.18. The first kappa shape index (κ1) is 12.3. The predicted molar refractivity (Wildman–Crippen MR) is 67.0 cm³/mol. The number of aryl methyl sites for hydroxylation is 1. The molecule has 0 aliphatic rings. The Bertz CT molecular complexity index is 300. The molecule has 1 nitrogen and oxygen atoms in total. The summed E-state index contributed by atoms with van der Waals surface area (Å²) in [6, 6.07) is 8.58. The Labute approximate surface area is 93.9 Å². The minimum atomic E-state index is 0.280. The van der Waals surface area contributed by atoms with E-state index >= 15 is 0 Å². The molecule has 1 rings (SSSR count). The van der Waals surface area contributed by atoms with Crippen LogP contribution in [0.2, 0.25) is 0 Å². The molecule has 0 fully saturated rings. The number of benzene rings is 1. The first-order chi connectivity index (χ1) is 7.11. The lowest BCUT2D eigenvalue weighted by molar-refractivity contribution is 0.329. The first-order valence-corrected chi connectivity index (χ1v) is 5.91. The molecule has 0 unspecified atom stereocenters. The Morgan fingerprint density at radius 2 is 1.73 bits per heavy atom. The standard InChI is InChI=1S/C14H23N/c1-5-14(4,6-2)15-11-13-10-8-7-9-12(13)3/h7-10,15H,5-6,11H2,1-4H3. The maximum absolute atomic E-state index is 3.65. The Morgan fingerprint density at radius 1 is 1.13 bits per heavy atom. The number of hydrogen-bond acceptors (Lipinski definition) is 1. The summed E-state index contributed by atoms with van der Waals surface area (Å²) in [6.07, 6.45) is 2.35. The second-order valence-electron chi connectivity index (χ2n) is 4.55. The van der Waals surface area contributed by atoms with Gasteiger partial charge in [0.15, 0.2) is 0 Å². The SMILES string of the molecule is CCC(C)(CC)NCc1ccccc1C. The predicted octanol–water partition coefficient (Wildman–Crippen LogP) is 3.66. The highest BCUT2D eigenvalue weighted by Crippen LogP contribution is 2.15. The zero-order chi connectivity index (χ0) is 11.3. The van der Waals surface area contributed by atoms with Gasteiger partial charge in [-0.25, -0.2) is 0 Å². The van der Waals surface area contributed by atoms with Crippen molar-refractivity contribution in [2.24, 2.45) is 0 Å². The van der Waals surface area contributed by atoms with E-state index in [1.807, 2.05) is 0 Å². The van der Waals surface area contributed by atoms with Crippen LogP contribution in [0.1, 0.15) is 44.7 Å². The van der Waals surface area contributed by atoms with Crippen molar-refractivity contribution in [2.75, 3.05) is 0 Å². The third kappa shape index (κ3) is 3.35. The summed E-state index contributed by atoms with van der Waals surface area (Å²) in [7, 11) is 0. The highest BCUT2D eigenvalue weighted by atomic mass is 15.0. The van der Waals surface area contributed by atoms with E-state index in [2.05, 4.69) is 57.3 Å². The van der Waals surface area contributed by atoms with Crippen LogP contribution in [-0.2, 0) is 6.54 Å². The fraction of sp³-hybridized carbons (Fsp3) is 0.571. The summed E-state index contributed by atoms with van der Waals surface area (Å²) in [6.45, 7) is 9.94. The summed E-state index contributed by atoms with van der Waals surface area (Å²) < 4.78 is 0. The quantitative estimate of drug-likeness (QED) is 0.773. The van der Waals surface area contributed by atoms with Gasteiger partial charge in [0.1, 0.15) is 0 Å².